The summed E-state index contributed by atoms with van der Waals surface area (Å²) in [6.45, 7) is 0. The maximum absolute atomic E-state index is 13.3. The average Bonchev–Trinajstić information content (AvgIpc) is 2.30. The number of ether oxygens (including phenoxy) is 1. The van der Waals surface area contributed by atoms with Gasteiger partial charge in [0, 0.05) is 6.07 Å². The van der Waals surface area contributed by atoms with Gasteiger partial charge < -0.3 is 10.5 Å². The highest BCUT2D eigenvalue weighted by Crippen LogP contribution is 2.30. The predicted octanol–water partition coefficient (Wildman–Crippen LogP) is 3.01. The Labute approximate surface area is 104 Å². The number of nitrogens with two attached hydrogens (primary N) is 1. The van der Waals surface area contributed by atoms with Crippen LogP contribution >= 0.6 is 0 Å². The largest absolute Gasteiger partial charge is 0.451 e. The Bertz CT molecular complexity index is 601. The minimum absolute atomic E-state index is 0.256. The highest BCUT2D eigenvalue weighted by molar-refractivity contribution is 5.36. The lowest BCUT2D eigenvalue weighted by Crippen LogP contribution is -2.12. The average molecular weight is 273 g/mol. The van der Waals surface area contributed by atoms with Crippen LogP contribution in [0.1, 0.15) is 5.82 Å². The van der Waals surface area contributed by atoms with Crippen LogP contribution in [0.3, 0.4) is 0 Å². The zero-order chi connectivity index (χ0) is 14.0. The minimum Gasteiger partial charge on any atom is -0.436 e. The van der Waals surface area contributed by atoms with Gasteiger partial charge >= 0.3 is 6.18 Å². The first-order valence-corrected chi connectivity index (χ1v) is 5.00. The molecule has 0 amide bonds. The Morgan fingerprint density at radius 1 is 1.11 bits per heavy atom. The molecule has 0 unspecified atom stereocenters. The fourth-order valence-electron chi connectivity index (χ4n) is 1.26. The van der Waals surface area contributed by atoms with Crippen LogP contribution in [0.2, 0.25) is 0 Å². The van der Waals surface area contributed by atoms with Gasteiger partial charge in [-0.1, -0.05) is 12.1 Å². The highest BCUT2D eigenvalue weighted by Gasteiger charge is 2.35. The van der Waals surface area contributed by atoms with Crippen molar-refractivity contribution in [1.82, 2.24) is 9.97 Å². The van der Waals surface area contributed by atoms with Gasteiger partial charge in [-0.3, -0.25) is 0 Å². The third kappa shape index (κ3) is 3.09. The van der Waals surface area contributed by atoms with Crippen LogP contribution in [0.15, 0.2) is 30.3 Å². The minimum atomic E-state index is -4.76. The van der Waals surface area contributed by atoms with E-state index in [1.54, 1.807) is 0 Å². The van der Waals surface area contributed by atoms with Gasteiger partial charge in [0.2, 0.25) is 11.7 Å². The van der Waals surface area contributed by atoms with Crippen LogP contribution in [-0.2, 0) is 6.18 Å². The molecule has 100 valence electrons. The number of anilines is 1. The normalized spacial score (nSPS) is 11.4. The van der Waals surface area contributed by atoms with Crippen LogP contribution in [0.4, 0.5) is 23.4 Å². The van der Waals surface area contributed by atoms with Crippen molar-refractivity contribution in [3.63, 3.8) is 0 Å². The number of nitrogen functional groups attached to an aromatic ring is 1. The highest BCUT2D eigenvalue weighted by atomic mass is 19.4. The Balaban J connectivity index is 2.36. The second kappa shape index (κ2) is 4.71. The van der Waals surface area contributed by atoms with E-state index in [1.165, 1.54) is 18.2 Å². The molecule has 1 aromatic heterocycles. The second-order valence-electron chi connectivity index (χ2n) is 3.48. The summed E-state index contributed by atoms with van der Waals surface area (Å²) in [4.78, 5) is 6.17. The SMILES string of the molecule is Nc1cc(Oc2ccccc2F)nc(C(F)(F)F)n1. The fraction of sp³-hybridized carbons (Fsp3) is 0.0909. The number of aromatic nitrogens is 2. The molecule has 0 saturated carbocycles. The zero-order valence-electron chi connectivity index (χ0n) is 9.28. The third-order valence-electron chi connectivity index (χ3n) is 2.03. The molecular weight excluding hydrogens is 266 g/mol. The van der Waals surface area contributed by atoms with Gasteiger partial charge in [-0.2, -0.15) is 18.2 Å². The summed E-state index contributed by atoms with van der Waals surface area (Å²) < 4.78 is 55.6. The fourth-order valence-corrected chi connectivity index (χ4v) is 1.26. The van der Waals surface area contributed by atoms with Crippen molar-refractivity contribution in [2.75, 3.05) is 5.73 Å². The molecule has 2 N–H and O–H groups in total. The predicted molar refractivity (Wildman–Crippen MR) is 57.9 cm³/mol. The van der Waals surface area contributed by atoms with E-state index < -0.39 is 29.5 Å². The van der Waals surface area contributed by atoms with E-state index in [1.807, 2.05) is 0 Å². The molecule has 2 aromatic rings. The standard InChI is InChI=1S/C11H7F4N3O/c12-6-3-1-2-4-7(6)19-9-5-8(16)17-10(18-9)11(13,14)15/h1-5H,(H2,16,17,18). The topological polar surface area (TPSA) is 61.0 Å². The summed E-state index contributed by atoms with van der Waals surface area (Å²) in [5.74, 6) is -3.33. The lowest BCUT2D eigenvalue weighted by molar-refractivity contribution is -0.145. The summed E-state index contributed by atoms with van der Waals surface area (Å²) >= 11 is 0. The molecule has 1 aromatic carbocycles. The van der Waals surface area contributed by atoms with E-state index in [-0.39, 0.29) is 5.75 Å². The number of para-hydroxylation sites is 1. The summed E-state index contributed by atoms with van der Waals surface area (Å²) in [5.41, 5.74) is 5.22. The number of halogens is 4. The number of hydrogen-bond donors (Lipinski definition) is 1. The first-order valence-electron chi connectivity index (χ1n) is 5.00. The monoisotopic (exact) mass is 273 g/mol. The van der Waals surface area contributed by atoms with Crippen molar-refractivity contribution >= 4 is 5.82 Å². The van der Waals surface area contributed by atoms with E-state index >= 15 is 0 Å². The first-order chi connectivity index (χ1) is 8.86. The van der Waals surface area contributed by atoms with Crippen molar-refractivity contribution in [1.29, 1.82) is 0 Å². The van der Waals surface area contributed by atoms with E-state index in [4.69, 9.17) is 10.5 Å². The summed E-state index contributed by atoms with van der Waals surface area (Å²) in [6.07, 6.45) is -4.76. The number of benzene rings is 1. The number of alkyl halides is 3. The molecule has 19 heavy (non-hydrogen) atoms. The lowest BCUT2D eigenvalue weighted by atomic mass is 10.3. The van der Waals surface area contributed by atoms with Gasteiger partial charge in [0.05, 0.1) is 0 Å². The molecule has 0 aliphatic heterocycles. The number of rotatable bonds is 2. The van der Waals surface area contributed by atoms with Crippen molar-refractivity contribution < 1.29 is 22.3 Å². The van der Waals surface area contributed by atoms with Gasteiger partial charge in [0.1, 0.15) is 5.82 Å². The van der Waals surface area contributed by atoms with Gasteiger partial charge in [-0.05, 0) is 12.1 Å². The number of hydrogen-bond acceptors (Lipinski definition) is 4. The van der Waals surface area contributed by atoms with E-state index in [0.29, 0.717) is 0 Å². The molecule has 0 aliphatic rings. The molecule has 0 radical (unpaired) electrons. The molecule has 0 spiro atoms. The van der Waals surface area contributed by atoms with E-state index in [2.05, 4.69) is 9.97 Å². The summed E-state index contributed by atoms with van der Waals surface area (Å²) in [7, 11) is 0. The molecule has 0 aliphatic carbocycles. The lowest BCUT2D eigenvalue weighted by Gasteiger charge is -2.09. The maximum Gasteiger partial charge on any atom is 0.451 e. The molecule has 0 saturated heterocycles. The smallest absolute Gasteiger partial charge is 0.436 e. The Morgan fingerprint density at radius 3 is 2.42 bits per heavy atom. The molecular formula is C11H7F4N3O. The molecule has 4 nitrogen and oxygen atoms in total. The third-order valence-corrected chi connectivity index (χ3v) is 2.03. The van der Waals surface area contributed by atoms with Crippen molar-refractivity contribution in [2.24, 2.45) is 0 Å². The molecule has 1 heterocycles. The maximum atomic E-state index is 13.3. The summed E-state index contributed by atoms with van der Waals surface area (Å²) in [6, 6.07) is 6.21. The van der Waals surface area contributed by atoms with Crippen LogP contribution in [0, 0.1) is 5.82 Å². The van der Waals surface area contributed by atoms with Gasteiger partial charge in [0.15, 0.2) is 11.6 Å². The molecule has 0 atom stereocenters. The van der Waals surface area contributed by atoms with Gasteiger partial charge in [0.25, 0.3) is 0 Å². The van der Waals surface area contributed by atoms with Crippen LogP contribution < -0.4 is 10.5 Å². The Morgan fingerprint density at radius 2 is 1.79 bits per heavy atom. The number of nitrogens with zero attached hydrogens (tertiary/aromatic N) is 2. The van der Waals surface area contributed by atoms with E-state index in [9.17, 15) is 17.6 Å². The second-order valence-corrected chi connectivity index (χ2v) is 3.48. The quantitative estimate of drug-likeness (QED) is 0.854. The molecule has 2 rings (SSSR count). The van der Waals surface area contributed by atoms with E-state index in [0.717, 1.165) is 12.1 Å². The van der Waals surface area contributed by atoms with Gasteiger partial charge in [-0.25, -0.2) is 9.37 Å². The van der Waals surface area contributed by atoms with Crippen molar-refractivity contribution in [3.8, 4) is 11.6 Å². The molecule has 0 fully saturated rings. The first kappa shape index (κ1) is 13.1. The Kier molecular flexibility index (Phi) is 3.24. The Hall–Kier alpha value is -2.38. The summed E-state index contributed by atoms with van der Waals surface area (Å²) in [5, 5.41) is 0. The van der Waals surface area contributed by atoms with Crippen molar-refractivity contribution in [2.45, 2.75) is 6.18 Å². The zero-order valence-corrected chi connectivity index (χ0v) is 9.28. The van der Waals surface area contributed by atoms with Crippen LogP contribution in [0.25, 0.3) is 0 Å². The molecule has 8 heteroatoms. The van der Waals surface area contributed by atoms with Crippen LogP contribution in [-0.4, -0.2) is 9.97 Å². The van der Waals surface area contributed by atoms with Crippen LogP contribution in [0.5, 0.6) is 11.6 Å². The molecule has 0 bridgehead atoms. The van der Waals surface area contributed by atoms with Gasteiger partial charge in [-0.15, -0.1) is 0 Å². The van der Waals surface area contributed by atoms with Crippen molar-refractivity contribution in [3.05, 3.63) is 42.0 Å².